The molecule has 2 aliphatic rings. The largest absolute Gasteiger partial charge is 0.393 e. The lowest BCUT2D eigenvalue weighted by Gasteiger charge is -2.29. The highest BCUT2D eigenvalue weighted by Gasteiger charge is 2.43. The molecule has 0 amide bonds. The van der Waals surface area contributed by atoms with Gasteiger partial charge in [-0.15, -0.1) is 0 Å². The molecule has 0 aromatic rings. The van der Waals surface area contributed by atoms with Crippen molar-refractivity contribution < 1.29 is 28.5 Å². The Morgan fingerprint density at radius 2 is 2.00 bits per heavy atom. The summed E-state index contributed by atoms with van der Waals surface area (Å²) in [6, 6.07) is 0. The Bertz CT molecular complexity index is 558. The number of aliphatic hydroxyl groups is 2. The van der Waals surface area contributed by atoms with Gasteiger partial charge in [0, 0.05) is 25.4 Å². The maximum Gasteiger partial charge on any atom is 0.277 e. The van der Waals surface area contributed by atoms with E-state index in [0.29, 0.717) is 19.4 Å². The minimum atomic E-state index is -3.18. The summed E-state index contributed by atoms with van der Waals surface area (Å²) in [5.74, 6) is -3.78. The van der Waals surface area contributed by atoms with Gasteiger partial charge in [-0.05, 0) is 43.9 Å². The number of rotatable bonds is 12. The Labute approximate surface area is 186 Å². The van der Waals surface area contributed by atoms with Gasteiger partial charge in [-0.1, -0.05) is 57.9 Å². The van der Waals surface area contributed by atoms with Gasteiger partial charge < -0.3 is 19.7 Å². The Balaban J connectivity index is 2.10. The molecule has 1 aliphatic heterocycles. The number of hydrogen-bond acceptors (Lipinski definition) is 4. The molecule has 0 radical (unpaired) electrons. The van der Waals surface area contributed by atoms with Crippen molar-refractivity contribution in [2.75, 3.05) is 6.61 Å². The molecular weight excluding hydrogens is 402 g/mol. The van der Waals surface area contributed by atoms with Crippen molar-refractivity contribution in [2.24, 2.45) is 17.8 Å². The van der Waals surface area contributed by atoms with E-state index in [4.69, 9.17) is 9.47 Å². The molecule has 1 heterocycles. The lowest BCUT2D eigenvalue weighted by Crippen LogP contribution is -2.34. The van der Waals surface area contributed by atoms with E-state index in [-0.39, 0.29) is 36.6 Å². The van der Waals surface area contributed by atoms with Gasteiger partial charge in [0.15, 0.2) is 6.29 Å². The van der Waals surface area contributed by atoms with Crippen molar-refractivity contribution in [1.82, 2.24) is 0 Å². The van der Waals surface area contributed by atoms with Crippen LogP contribution in [-0.2, 0) is 9.47 Å². The molecule has 0 aromatic heterocycles. The van der Waals surface area contributed by atoms with Gasteiger partial charge >= 0.3 is 0 Å². The lowest BCUT2D eigenvalue weighted by molar-refractivity contribution is -0.193. The van der Waals surface area contributed by atoms with Crippen LogP contribution in [0.3, 0.4) is 0 Å². The fourth-order valence-electron chi connectivity index (χ4n) is 4.58. The first kappa shape index (κ1) is 26.4. The number of ether oxygens (including phenoxy) is 2. The van der Waals surface area contributed by atoms with Crippen LogP contribution >= 0.6 is 0 Å². The zero-order chi connectivity index (χ0) is 22.9. The van der Waals surface area contributed by atoms with Crippen molar-refractivity contribution in [3.63, 3.8) is 0 Å². The van der Waals surface area contributed by atoms with Crippen molar-refractivity contribution in [1.29, 1.82) is 0 Å². The van der Waals surface area contributed by atoms with Crippen LogP contribution in [0.1, 0.15) is 78.6 Å². The molecule has 0 aromatic carbocycles. The fraction of sp³-hybridized carbons (Fsp3) is 0.840. The monoisotopic (exact) mass is 444 g/mol. The number of allylic oxidation sites excluding steroid dienone is 2. The van der Waals surface area contributed by atoms with Gasteiger partial charge in [0.2, 0.25) is 0 Å². The van der Waals surface area contributed by atoms with E-state index < -0.39 is 18.1 Å². The van der Waals surface area contributed by atoms with E-state index in [1.807, 2.05) is 0 Å². The highest BCUT2D eigenvalue weighted by atomic mass is 19.3. The van der Waals surface area contributed by atoms with E-state index in [1.54, 1.807) is 19.9 Å². The molecule has 0 bridgehead atoms. The quantitative estimate of drug-likeness (QED) is 0.303. The number of alkyl halides is 2. The number of halogens is 2. The molecule has 1 saturated carbocycles. The summed E-state index contributed by atoms with van der Waals surface area (Å²) in [5.41, 5.74) is 0. The van der Waals surface area contributed by atoms with Crippen LogP contribution in [0.5, 0.6) is 0 Å². The highest BCUT2D eigenvalue weighted by Crippen LogP contribution is 2.40. The summed E-state index contributed by atoms with van der Waals surface area (Å²) in [6.45, 7) is 6.23. The minimum Gasteiger partial charge on any atom is -0.393 e. The van der Waals surface area contributed by atoms with Crippen LogP contribution < -0.4 is 0 Å². The maximum absolute atomic E-state index is 14.3. The predicted molar refractivity (Wildman–Crippen MR) is 119 cm³/mol. The molecule has 0 spiro atoms. The summed E-state index contributed by atoms with van der Waals surface area (Å²) in [5, 5.41) is 20.8. The van der Waals surface area contributed by atoms with Gasteiger partial charge in [-0.25, -0.2) is 8.78 Å². The topological polar surface area (TPSA) is 58.9 Å². The summed E-state index contributed by atoms with van der Waals surface area (Å²) in [4.78, 5) is 0. The van der Waals surface area contributed by atoms with Gasteiger partial charge in [-0.3, -0.25) is 0 Å². The lowest BCUT2D eigenvalue weighted by atomic mass is 9.89. The molecule has 2 N–H and O–H groups in total. The third-order valence-electron chi connectivity index (χ3n) is 6.28. The van der Waals surface area contributed by atoms with Crippen LogP contribution in [0.25, 0.3) is 0 Å². The Morgan fingerprint density at radius 1 is 1.23 bits per heavy atom. The number of aliphatic hydroxyl groups excluding tert-OH is 2. The predicted octanol–water partition coefficient (Wildman–Crippen LogP) is 5.63. The van der Waals surface area contributed by atoms with E-state index in [1.165, 1.54) is 6.08 Å². The van der Waals surface area contributed by atoms with E-state index in [0.717, 1.165) is 38.5 Å². The third-order valence-corrected chi connectivity index (χ3v) is 6.28. The molecule has 2 rings (SSSR count). The molecule has 6 atom stereocenters. The molecular formula is C25H42F2O4. The molecule has 31 heavy (non-hydrogen) atoms. The van der Waals surface area contributed by atoms with Gasteiger partial charge in [0.25, 0.3) is 5.92 Å². The summed E-state index contributed by atoms with van der Waals surface area (Å²) in [7, 11) is 0. The summed E-state index contributed by atoms with van der Waals surface area (Å²) < 4.78 is 40.4. The van der Waals surface area contributed by atoms with E-state index >= 15 is 0 Å². The second kappa shape index (κ2) is 13.0. The first-order valence-electron chi connectivity index (χ1n) is 12.1. The third kappa shape index (κ3) is 8.56. The van der Waals surface area contributed by atoms with Gasteiger partial charge in [0.1, 0.15) is 6.10 Å². The standard InChI is InChI=1S/C25H42F2O4/c1-4-5-6-7-8-11-19-20(13-14-23(29)25(26,27)17-18(2)3)22(16-21(19)28)31-24-12-9-10-15-30-24/h7-8,13-14,18-24,28-29H,4-6,9-12,15-17H2,1-3H3/b8-7-,14-13+/t19?,20-,21+,22-,23?,24?/m1/s1. The SMILES string of the molecule is CCCC/C=C\CC1[C@@H](/C=C/C(O)C(F)(F)CC(C)C)[C@H](OC2CCCCO2)C[C@@H]1O. The molecule has 2 fully saturated rings. The molecule has 180 valence electrons. The maximum atomic E-state index is 14.3. The molecule has 1 aliphatic carbocycles. The smallest absolute Gasteiger partial charge is 0.277 e. The van der Waals surface area contributed by atoms with E-state index in [9.17, 15) is 19.0 Å². The average molecular weight is 445 g/mol. The zero-order valence-electron chi connectivity index (χ0n) is 19.4. The van der Waals surface area contributed by atoms with Crippen molar-refractivity contribution >= 4 is 0 Å². The van der Waals surface area contributed by atoms with E-state index in [2.05, 4.69) is 19.1 Å². The van der Waals surface area contributed by atoms with Gasteiger partial charge in [-0.2, -0.15) is 0 Å². The van der Waals surface area contributed by atoms with Crippen LogP contribution in [0.15, 0.2) is 24.3 Å². The molecule has 4 nitrogen and oxygen atoms in total. The normalized spacial score (nSPS) is 31.3. The van der Waals surface area contributed by atoms with Crippen LogP contribution in [0.4, 0.5) is 8.78 Å². The van der Waals surface area contributed by atoms with Gasteiger partial charge in [0.05, 0.1) is 12.2 Å². The first-order valence-corrected chi connectivity index (χ1v) is 12.1. The van der Waals surface area contributed by atoms with Crippen LogP contribution in [0.2, 0.25) is 0 Å². The summed E-state index contributed by atoms with van der Waals surface area (Å²) >= 11 is 0. The fourth-order valence-corrected chi connectivity index (χ4v) is 4.58. The zero-order valence-corrected chi connectivity index (χ0v) is 19.4. The number of unbranched alkanes of at least 4 members (excludes halogenated alkanes) is 2. The van der Waals surface area contributed by atoms with Crippen molar-refractivity contribution in [3.8, 4) is 0 Å². The first-order chi connectivity index (χ1) is 14.7. The minimum absolute atomic E-state index is 0.131. The number of hydrogen-bond donors (Lipinski definition) is 2. The highest BCUT2D eigenvalue weighted by molar-refractivity contribution is 5.08. The Morgan fingerprint density at radius 3 is 2.65 bits per heavy atom. The van der Waals surface area contributed by atoms with Crippen molar-refractivity contribution in [3.05, 3.63) is 24.3 Å². The van der Waals surface area contributed by atoms with Crippen LogP contribution in [-0.4, -0.2) is 47.3 Å². The molecule has 3 unspecified atom stereocenters. The second-order valence-corrected chi connectivity index (χ2v) is 9.55. The van der Waals surface area contributed by atoms with Crippen LogP contribution in [0, 0.1) is 17.8 Å². The summed E-state index contributed by atoms with van der Waals surface area (Å²) in [6.07, 6.45) is 10.8. The Hall–Kier alpha value is -0.820. The Kier molecular flexibility index (Phi) is 11.1. The average Bonchev–Trinajstić information content (AvgIpc) is 2.99. The molecule has 6 heteroatoms. The second-order valence-electron chi connectivity index (χ2n) is 9.55. The molecule has 1 saturated heterocycles. The van der Waals surface area contributed by atoms with Crippen molar-refractivity contribution in [2.45, 2.75) is 109 Å².